The zero-order valence-electron chi connectivity index (χ0n) is 10.0. The summed E-state index contributed by atoms with van der Waals surface area (Å²) in [5.41, 5.74) is 1.43. The van der Waals surface area contributed by atoms with E-state index in [1.807, 2.05) is 6.07 Å². The van der Waals surface area contributed by atoms with Crippen LogP contribution in [0.15, 0.2) is 30.3 Å². The molecule has 0 radical (unpaired) electrons. The minimum absolute atomic E-state index is 0.302. The number of carbonyl (C=O) groups is 1. The summed E-state index contributed by atoms with van der Waals surface area (Å²) < 4.78 is 0. The Labute approximate surface area is 102 Å². The van der Waals surface area contributed by atoms with Crippen LogP contribution in [0.1, 0.15) is 30.7 Å². The highest BCUT2D eigenvalue weighted by atomic mass is 16.4. The number of unbranched alkanes of at least 4 members (excludes halogenated alkanes) is 1. The molecule has 17 heavy (non-hydrogen) atoms. The van der Waals surface area contributed by atoms with Crippen LogP contribution in [0.25, 0.3) is 0 Å². The minimum atomic E-state index is -0.684. The number of carboxylic acids is 1. The maximum absolute atomic E-state index is 10.4. The lowest BCUT2D eigenvalue weighted by Gasteiger charge is -2.39. The minimum Gasteiger partial charge on any atom is -0.481 e. The molecule has 0 aliphatic carbocycles. The van der Waals surface area contributed by atoms with Gasteiger partial charge in [-0.15, -0.1) is 0 Å². The quantitative estimate of drug-likeness (QED) is 0.767. The fourth-order valence-corrected chi connectivity index (χ4v) is 2.30. The number of nitrogens with zero attached hydrogens (tertiary/aromatic N) is 1. The molecule has 3 heteroatoms. The van der Waals surface area contributed by atoms with Crippen LogP contribution < -0.4 is 0 Å². The third kappa shape index (κ3) is 3.56. The molecule has 1 aromatic carbocycles. The maximum atomic E-state index is 10.4. The SMILES string of the molecule is O=C(O)CCCCN1CC(c2ccccc2)C1. The van der Waals surface area contributed by atoms with Crippen LogP contribution in [0.3, 0.4) is 0 Å². The zero-order valence-corrected chi connectivity index (χ0v) is 10.0. The van der Waals surface area contributed by atoms with Crippen LogP contribution in [-0.4, -0.2) is 35.6 Å². The molecular formula is C14H19NO2. The summed E-state index contributed by atoms with van der Waals surface area (Å²) in [7, 11) is 0. The summed E-state index contributed by atoms with van der Waals surface area (Å²) in [6.45, 7) is 3.28. The summed E-state index contributed by atoms with van der Waals surface area (Å²) in [6, 6.07) is 10.6. The topological polar surface area (TPSA) is 40.5 Å². The summed E-state index contributed by atoms with van der Waals surface area (Å²) in [4.78, 5) is 12.8. The largest absolute Gasteiger partial charge is 0.481 e. The molecule has 0 saturated carbocycles. The molecule has 2 rings (SSSR count). The van der Waals surface area contributed by atoms with E-state index < -0.39 is 5.97 Å². The van der Waals surface area contributed by atoms with Gasteiger partial charge in [-0.2, -0.15) is 0 Å². The fourth-order valence-electron chi connectivity index (χ4n) is 2.30. The van der Waals surface area contributed by atoms with E-state index in [9.17, 15) is 4.79 Å². The van der Waals surface area contributed by atoms with Gasteiger partial charge in [-0.1, -0.05) is 30.3 Å². The molecule has 0 atom stereocenters. The van der Waals surface area contributed by atoms with Gasteiger partial charge in [0.2, 0.25) is 0 Å². The Morgan fingerprint density at radius 2 is 1.94 bits per heavy atom. The van der Waals surface area contributed by atoms with E-state index in [2.05, 4.69) is 29.2 Å². The average molecular weight is 233 g/mol. The van der Waals surface area contributed by atoms with Gasteiger partial charge in [-0.05, 0) is 24.9 Å². The Morgan fingerprint density at radius 1 is 1.24 bits per heavy atom. The lowest BCUT2D eigenvalue weighted by atomic mass is 9.91. The molecule has 1 aliphatic rings. The molecule has 1 fully saturated rings. The average Bonchev–Trinajstić information content (AvgIpc) is 2.27. The van der Waals surface area contributed by atoms with Crippen molar-refractivity contribution in [2.75, 3.05) is 19.6 Å². The van der Waals surface area contributed by atoms with E-state index in [1.54, 1.807) is 0 Å². The Hall–Kier alpha value is -1.35. The van der Waals surface area contributed by atoms with Gasteiger partial charge < -0.3 is 10.0 Å². The van der Waals surface area contributed by atoms with Gasteiger partial charge in [-0.25, -0.2) is 0 Å². The molecular weight excluding hydrogens is 214 g/mol. The summed E-state index contributed by atoms with van der Waals surface area (Å²) in [5, 5.41) is 8.53. The molecule has 92 valence electrons. The van der Waals surface area contributed by atoms with Gasteiger partial charge in [0.1, 0.15) is 0 Å². The van der Waals surface area contributed by atoms with Gasteiger partial charge in [-0.3, -0.25) is 4.79 Å². The van der Waals surface area contributed by atoms with Crippen molar-refractivity contribution >= 4 is 5.97 Å². The highest BCUT2D eigenvalue weighted by Crippen LogP contribution is 2.26. The fraction of sp³-hybridized carbons (Fsp3) is 0.500. The number of carboxylic acid groups (broad SMARTS) is 1. The van der Waals surface area contributed by atoms with Crippen LogP contribution in [0.4, 0.5) is 0 Å². The Balaban J connectivity index is 1.61. The molecule has 0 aromatic heterocycles. The molecule has 0 amide bonds. The Morgan fingerprint density at radius 3 is 2.59 bits per heavy atom. The Kier molecular flexibility index (Phi) is 4.15. The zero-order chi connectivity index (χ0) is 12.1. The number of hydrogen-bond donors (Lipinski definition) is 1. The van der Waals surface area contributed by atoms with Gasteiger partial charge in [0.05, 0.1) is 0 Å². The lowest BCUT2D eigenvalue weighted by molar-refractivity contribution is -0.137. The first-order chi connectivity index (χ1) is 8.25. The first-order valence-corrected chi connectivity index (χ1v) is 6.25. The third-order valence-electron chi connectivity index (χ3n) is 3.34. The second-order valence-corrected chi connectivity index (χ2v) is 4.72. The maximum Gasteiger partial charge on any atom is 0.303 e. The number of aliphatic carboxylic acids is 1. The smallest absolute Gasteiger partial charge is 0.303 e. The second kappa shape index (κ2) is 5.82. The van der Waals surface area contributed by atoms with Crippen molar-refractivity contribution in [3.05, 3.63) is 35.9 Å². The molecule has 1 heterocycles. The monoisotopic (exact) mass is 233 g/mol. The van der Waals surface area contributed by atoms with Crippen molar-refractivity contribution in [3.63, 3.8) is 0 Å². The lowest BCUT2D eigenvalue weighted by Crippen LogP contribution is -2.45. The highest BCUT2D eigenvalue weighted by molar-refractivity contribution is 5.66. The molecule has 0 spiro atoms. The van der Waals surface area contributed by atoms with Crippen molar-refractivity contribution in [1.82, 2.24) is 4.90 Å². The molecule has 1 saturated heterocycles. The molecule has 1 aromatic rings. The van der Waals surface area contributed by atoms with Gasteiger partial charge >= 0.3 is 5.97 Å². The highest BCUT2D eigenvalue weighted by Gasteiger charge is 2.26. The van der Waals surface area contributed by atoms with E-state index in [1.165, 1.54) is 5.56 Å². The van der Waals surface area contributed by atoms with Crippen LogP contribution in [0.5, 0.6) is 0 Å². The predicted octanol–water partition coefficient (Wildman–Crippen LogP) is 2.34. The molecule has 3 nitrogen and oxygen atoms in total. The molecule has 0 unspecified atom stereocenters. The molecule has 1 N–H and O–H groups in total. The normalized spacial score (nSPS) is 16.7. The Bertz CT molecular complexity index is 358. The van der Waals surface area contributed by atoms with Crippen molar-refractivity contribution in [2.24, 2.45) is 0 Å². The number of likely N-dealkylation sites (tertiary alicyclic amines) is 1. The number of benzene rings is 1. The predicted molar refractivity (Wildman–Crippen MR) is 67.1 cm³/mol. The van der Waals surface area contributed by atoms with E-state index in [-0.39, 0.29) is 0 Å². The van der Waals surface area contributed by atoms with E-state index in [0.717, 1.165) is 32.5 Å². The standard InChI is InChI=1S/C14H19NO2/c16-14(17)8-4-5-9-15-10-13(11-15)12-6-2-1-3-7-12/h1-3,6-7,13H,4-5,8-11H2,(H,16,17). The van der Waals surface area contributed by atoms with Gasteiger partial charge in [0, 0.05) is 25.4 Å². The first-order valence-electron chi connectivity index (χ1n) is 6.25. The van der Waals surface area contributed by atoms with Crippen LogP contribution in [0, 0.1) is 0 Å². The summed E-state index contributed by atoms with van der Waals surface area (Å²) >= 11 is 0. The van der Waals surface area contributed by atoms with E-state index in [4.69, 9.17) is 5.11 Å². The third-order valence-corrected chi connectivity index (χ3v) is 3.34. The van der Waals surface area contributed by atoms with E-state index in [0.29, 0.717) is 12.3 Å². The molecule has 0 bridgehead atoms. The van der Waals surface area contributed by atoms with E-state index >= 15 is 0 Å². The van der Waals surface area contributed by atoms with Crippen molar-refractivity contribution in [2.45, 2.75) is 25.2 Å². The van der Waals surface area contributed by atoms with Gasteiger partial charge in [0.25, 0.3) is 0 Å². The number of hydrogen-bond acceptors (Lipinski definition) is 2. The number of rotatable bonds is 6. The second-order valence-electron chi connectivity index (χ2n) is 4.72. The summed E-state index contributed by atoms with van der Waals surface area (Å²) in [5.74, 6) is -0.00792. The summed E-state index contributed by atoms with van der Waals surface area (Å²) in [6.07, 6.45) is 2.09. The van der Waals surface area contributed by atoms with Crippen LogP contribution >= 0.6 is 0 Å². The van der Waals surface area contributed by atoms with Gasteiger partial charge in [0.15, 0.2) is 0 Å². The van der Waals surface area contributed by atoms with Crippen molar-refractivity contribution in [1.29, 1.82) is 0 Å². The van der Waals surface area contributed by atoms with Crippen LogP contribution in [-0.2, 0) is 4.79 Å². The first kappa shape index (κ1) is 12.1. The van der Waals surface area contributed by atoms with Crippen molar-refractivity contribution < 1.29 is 9.90 Å². The van der Waals surface area contributed by atoms with Crippen LogP contribution in [0.2, 0.25) is 0 Å². The van der Waals surface area contributed by atoms with Crippen molar-refractivity contribution in [3.8, 4) is 0 Å². The molecule has 1 aliphatic heterocycles.